The van der Waals surface area contributed by atoms with Crippen LogP contribution in [-0.2, 0) is 5.41 Å². The lowest BCUT2D eigenvalue weighted by Gasteiger charge is -2.19. The number of carbonyl (C=O) groups excluding carboxylic acids is 1. The smallest absolute Gasteiger partial charge is 0.260 e. The summed E-state index contributed by atoms with van der Waals surface area (Å²) in [5.41, 5.74) is 1.39. The molecule has 21 heavy (non-hydrogen) atoms. The van der Waals surface area contributed by atoms with Gasteiger partial charge in [-0.05, 0) is 23.1 Å². The van der Waals surface area contributed by atoms with E-state index in [4.69, 9.17) is 0 Å². The molecule has 0 aliphatic carbocycles. The number of rotatable bonds is 2. The van der Waals surface area contributed by atoms with Gasteiger partial charge in [-0.15, -0.1) is 0 Å². The molecule has 5 nitrogen and oxygen atoms in total. The first kappa shape index (κ1) is 14.8. The van der Waals surface area contributed by atoms with Gasteiger partial charge in [0.2, 0.25) is 0 Å². The molecule has 5 heteroatoms. The minimum Gasteiger partial charge on any atom is -0.507 e. The molecule has 0 unspecified atom stereocenters. The van der Waals surface area contributed by atoms with E-state index in [2.05, 4.69) is 31.1 Å². The van der Waals surface area contributed by atoms with E-state index >= 15 is 0 Å². The molecule has 0 radical (unpaired) electrons. The van der Waals surface area contributed by atoms with Gasteiger partial charge < -0.3 is 15.4 Å². The topological polar surface area (TPSA) is 82.2 Å². The number of amides is 1. The van der Waals surface area contributed by atoms with Crippen molar-refractivity contribution in [3.8, 4) is 5.75 Å². The Bertz CT molecular complexity index is 710. The quantitative estimate of drug-likeness (QED) is 0.793. The number of benzene rings is 1. The summed E-state index contributed by atoms with van der Waals surface area (Å²) in [6.07, 6.45) is 1.19. The number of aromatic hydroxyl groups is 1. The van der Waals surface area contributed by atoms with Gasteiger partial charge in [0.1, 0.15) is 5.75 Å². The average molecular weight is 286 g/mol. The van der Waals surface area contributed by atoms with Crippen molar-refractivity contribution in [3.05, 3.63) is 58.0 Å². The monoisotopic (exact) mass is 286 g/mol. The van der Waals surface area contributed by atoms with Gasteiger partial charge in [-0.25, -0.2) is 0 Å². The molecule has 1 amide bonds. The minimum absolute atomic E-state index is 0.0227. The minimum atomic E-state index is -0.479. The molecule has 1 aromatic heterocycles. The average Bonchev–Trinajstić information content (AvgIpc) is 2.38. The number of hydrogen-bond donors (Lipinski definition) is 3. The third kappa shape index (κ3) is 3.51. The number of pyridine rings is 1. The highest BCUT2D eigenvalue weighted by atomic mass is 16.3. The summed E-state index contributed by atoms with van der Waals surface area (Å²) in [5.74, 6) is -0.824. The second-order valence-corrected chi connectivity index (χ2v) is 5.88. The molecule has 0 fully saturated rings. The van der Waals surface area contributed by atoms with Crippen LogP contribution < -0.4 is 10.9 Å². The summed E-state index contributed by atoms with van der Waals surface area (Å²) < 4.78 is 0. The predicted molar refractivity (Wildman–Crippen MR) is 81.8 cm³/mol. The first-order valence-electron chi connectivity index (χ1n) is 6.61. The third-order valence-electron chi connectivity index (χ3n) is 3.16. The van der Waals surface area contributed by atoms with Crippen LogP contribution >= 0.6 is 0 Å². The van der Waals surface area contributed by atoms with E-state index in [9.17, 15) is 14.7 Å². The van der Waals surface area contributed by atoms with Crippen molar-refractivity contribution in [1.82, 2.24) is 4.98 Å². The van der Waals surface area contributed by atoms with Gasteiger partial charge in [0.25, 0.3) is 11.5 Å². The maximum absolute atomic E-state index is 12.0. The molecule has 1 aromatic carbocycles. The Morgan fingerprint density at radius 1 is 1.19 bits per heavy atom. The Morgan fingerprint density at radius 2 is 1.81 bits per heavy atom. The Balaban J connectivity index is 2.18. The molecule has 110 valence electrons. The first-order valence-corrected chi connectivity index (χ1v) is 6.61. The van der Waals surface area contributed by atoms with Crippen molar-refractivity contribution >= 4 is 11.6 Å². The van der Waals surface area contributed by atoms with Gasteiger partial charge >= 0.3 is 0 Å². The van der Waals surface area contributed by atoms with Crippen LogP contribution in [0.15, 0.2) is 41.3 Å². The van der Waals surface area contributed by atoms with E-state index < -0.39 is 11.5 Å². The fourth-order valence-electron chi connectivity index (χ4n) is 1.89. The zero-order chi connectivity index (χ0) is 15.6. The van der Waals surface area contributed by atoms with Crippen LogP contribution in [-0.4, -0.2) is 16.0 Å². The van der Waals surface area contributed by atoms with Crippen LogP contribution in [0.4, 0.5) is 5.69 Å². The van der Waals surface area contributed by atoms with Crippen LogP contribution in [0.3, 0.4) is 0 Å². The maximum atomic E-state index is 12.0. The van der Waals surface area contributed by atoms with Crippen molar-refractivity contribution < 1.29 is 9.90 Å². The number of aromatic amines is 1. The van der Waals surface area contributed by atoms with E-state index in [1.165, 1.54) is 6.20 Å². The lowest BCUT2D eigenvalue weighted by atomic mass is 9.87. The molecule has 0 aliphatic heterocycles. The van der Waals surface area contributed by atoms with E-state index in [1.807, 2.05) is 12.1 Å². The van der Waals surface area contributed by atoms with Crippen molar-refractivity contribution in [3.63, 3.8) is 0 Å². The Labute approximate surface area is 122 Å². The highest BCUT2D eigenvalue weighted by Crippen LogP contribution is 2.24. The van der Waals surface area contributed by atoms with Crippen molar-refractivity contribution in [2.45, 2.75) is 26.2 Å². The molecule has 0 saturated heterocycles. The zero-order valence-electron chi connectivity index (χ0n) is 12.2. The summed E-state index contributed by atoms with van der Waals surface area (Å²) in [6.45, 7) is 6.33. The van der Waals surface area contributed by atoms with E-state index in [1.54, 1.807) is 12.1 Å². The van der Waals surface area contributed by atoms with Crippen molar-refractivity contribution in [2.75, 3.05) is 5.32 Å². The predicted octanol–water partition coefficient (Wildman–Crippen LogP) is 2.63. The molecule has 3 N–H and O–H groups in total. The Kier molecular flexibility index (Phi) is 3.84. The molecule has 1 heterocycles. The molecule has 0 atom stereocenters. The lowest BCUT2D eigenvalue weighted by Crippen LogP contribution is -2.15. The number of carbonyl (C=O) groups is 1. The number of H-pyrrole nitrogens is 1. The van der Waals surface area contributed by atoms with E-state index in [0.29, 0.717) is 5.69 Å². The van der Waals surface area contributed by atoms with Crippen LogP contribution in [0, 0.1) is 0 Å². The van der Waals surface area contributed by atoms with Crippen molar-refractivity contribution in [2.24, 2.45) is 0 Å². The van der Waals surface area contributed by atoms with E-state index in [-0.39, 0.29) is 16.7 Å². The highest BCUT2D eigenvalue weighted by Gasteiger charge is 2.14. The summed E-state index contributed by atoms with van der Waals surface area (Å²) in [5, 5.41) is 12.3. The first-order chi connectivity index (χ1) is 9.77. The largest absolute Gasteiger partial charge is 0.507 e. The summed E-state index contributed by atoms with van der Waals surface area (Å²) in [6, 6.07) is 8.48. The van der Waals surface area contributed by atoms with Crippen LogP contribution in [0.1, 0.15) is 36.7 Å². The molecule has 2 aromatic rings. The molecule has 2 rings (SSSR count). The summed E-state index contributed by atoms with van der Waals surface area (Å²) in [4.78, 5) is 25.4. The summed E-state index contributed by atoms with van der Waals surface area (Å²) in [7, 11) is 0. The number of anilines is 1. The van der Waals surface area contributed by atoms with Crippen molar-refractivity contribution in [1.29, 1.82) is 0 Å². The van der Waals surface area contributed by atoms with Gasteiger partial charge in [-0.3, -0.25) is 9.59 Å². The Morgan fingerprint density at radius 3 is 2.33 bits per heavy atom. The maximum Gasteiger partial charge on any atom is 0.260 e. The molecule has 0 bridgehead atoms. The van der Waals surface area contributed by atoms with E-state index in [0.717, 1.165) is 11.6 Å². The fraction of sp³-hybridized carbons (Fsp3) is 0.250. The number of nitrogens with one attached hydrogen (secondary N) is 2. The van der Waals surface area contributed by atoms with Gasteiger partial charge in [-0.2, -0.15) is 0 Å². The SMILES string of the molecule is CC(C)(C)c1ccc(NC(=O)c2c[nH]c(=O)cc2O)cc1. The van der Waals surface area contributed by atoms with Crippen LogP contribution in [0.5, 0.6) is 5.75 Å². The molecular formula is C16H18N2O3. The van der Waals surface area contributed by atoms with Gasteiger partial charge in [0.15, 0.2) is 0 Å². The highest BCUT2D eigenvalue weighted by molar-refractivity contribution is 6.05. The molecular weight excluding hydrogens is 268 g/mol. The Hall–Kier alpha value is -2.56. The third-order valence-corrected chi connectivity index (χ3v) is 3.16. The van der Waals surface area contributed by atoms with Gasteiger partial charge in [-0.1, -0.05) is 32.9 Å². The number of aromatic nitrogens is 1. The molecule has 0 spiro atoms. The zero-order valence-corrected chi connectivity index (χ0v) is 12.2. The second kappa shape index (κ2) is 5.44. The summed E-state index contributed by atoms with van der Waals surface area (Å²) >= 11 is 0. The second-order valence-electron chi connectivity index (χ2n) is 5.88. The van der Waals surface area contributed by atoms with Gasteiger partial charge in [0, 0.05) is 18.0 Å². The number of hydrogen-bond acceptors (Lipinski definition) is 3. The van der Waals surface area contributed by atoms with Crippen LogP contribution in [0.2, 0.25) is 0 Å². The van der Waals surface area contributed by atoms with Crippen LogP contribution in [0.25, 0.3) is 0 Å². The normalized spacial score (nSPS) is 11.2. The molecule has 0 saturated carbocycles. The molecule has 0 aliphatic rings. The fourth-order valence-corrected chi connectivity index (χ4v) is 1.89. The lowest BCUT2D eigenvalue weighted by molar-refractivity contribution is 0.102. The standard InChI is InChI=1S/C16H18N2O3/c1-16(2,3)10-4-6-11(7-5-10)18-15(21)12-9-17-14(20)8-13(12)19/h4-9H,1-3H3,(H,18,21)(H2,17,19,20). The van der Waals surface area contributed by atoms with Gasteiger partial charge in [0.05, 0.1) is 5.56 Å².